The lowest BCUT2D eigenvalue weighted by Gasteiger charge is -2.38. The van der Waals surface area contributed by atoms with Gasteiger partial charge in [-0.2, -0.15) is 0 Å². The summed E-state index contributed by atoms with van der Waals surface area (Å²) >= 11 is 0. The molecule has 3 heteroatoms. The number of hydrogen-bond acceptors (Lipinski definition) is 3. The molecule has 1 aliphatic carbocycles. The number of aliphatic hydroxyl groups is 1. The summed E-state index contributed by atoms with van der Waals surface area (Å²) < 4.78 is 0. The largest absolute Gasteiger partial charge is 0.387 e. The van der Waals surface area contributed by atoms with Gasteiger partial charge in [0, 0.05) is 19.1 Å². The van der Waals surface area contributed by atoms with Gasteiger partial charge in [-0.15, -0.1) is 0 Å². The summed E-state index contributed by atoms with van der Waals surface area (Å²) in [5.74, 6) is 0.910. The topological polar surface area (TPSA) is 35.5 Å². The molecule has 2 N–H and O–H groups in total. The highest BCUT2D eigenvalue weighted by Gasteiger charge is 2.34. The molecule has 0 amide bonds. The molecule has 2 aliphatic rings. The van der Waals surface area contributed by atoms with Crippen LogP contribution in [0.15, 0.2) is 0 Å². The summed E-state index contributed by atoms with van der Waals surface area (Å²) in [5, 5.41) is 13.7. The summed E-state index contributed by atoms with van der Waals surface area (Å²) in [4.78, 5) is 2.41. The fraction of sp³-hybridized carbons (Fsp3) is 1.00. The van der Waals surface area contributed by atoms with Gasteiger partial charge in [-0.25, -0.2) is 0 Å². The molecule has 1 saturated carbocycles. The second-order valence-electron chi connectivity index (χ2n) is 6.16. The average molecular weight is 240 g/mol. The predicted octanol–water partition coefficient (Wildman–Crippen LogP) is 1.61. The molecule has 1 aliphatic heterocycles. The van der Waals surface area contributed by atoms with Crippen molar-refractivity contribution in [2.45, 2.75) is 57.1 Å². The van der Waals surface area contributed by atoms with Crippen LogP contribution in [-0.2, 0) is 0 Å². The lowest BCUT2D eigenvalue weighted by Crippen LogP contribution is -2.48. The van der Waals surface area contributed by atoms with Gasteiger partial charge in [0.05, 0.1) is 5.60 Å². The number of β-amino-alcohol motifs (C(OH)–C–C–N with tert-alkyl or cyclic N) is 1. The van der Waals surface area contributed by atoms with Crippen LogP contribution in [0.4, 0.5) is 0 Å². The van der Waals surface area contributed by atoms with Gasteiger partial charge in [0.1, 0.15) is 0 Å². The molecule has 0 aromatic heterocycles. The molecule has 0 radical (unpaired) electrons. The SMILES string of the molecule is CCC1CCCC(N(C)CC2(O)CCNC2)C1. The first-order chi connectivity index (χ1) is 8.13. The molecule has 3 atom stereocenters. The molecule has 0 aromatic rings. The molecule has 2 rings (SSSR count). The van der Waals surface area contributed by atoms with Gasteiger partial charge in [0.15, 0.2) is 0 Å². The third kappa shape index (κ3) is 3.43. The first-order valence-corrected chi connectivity index (χ1v) is 7.26. The fourth-order valence-electron chi connectivity index (χ4n) is 3.49. The molecule has 2 fully saturated rings. The van der Waals surface area contributed by atoms with Crippen molar-refractivity contribution >= 4 is 0 Å². The van der Waals surface area contributed by atoms with E-state index < -0.39 is 5.60 Å². The van der Waals surface area contributed by atoms with E-state index in [1.807, 2.05) is 0 Å². The molecule has 1 saturated heterocycles. The first-order valence-electron chi connectivity index (χ1n) is 7.26. The van der Waals surface area contributed by atoms with Crippen LogP contribution in [0.25, 0.3) is 0 Å². The van der Waals surface area contributed by atoms with Crippen LogP contribution in [0, 0.1) is 5.92 Å². The minimum Gasteiger partial charge on any atom is -0.387 e. The smallest absolute Gasteiger partial charge is 0.0909 e. The van der Waals surface area contributed by atoms with E-state index in [0.717, 1.165) is 32.0 Å². The van der Waals surface area contributed by atoms with Crippen LogP contribution in [0.3, 0.4) is 0 Å². The van der Waals surface area contributed by atoms with E-state index in [4.69, 9.17) is 0 Å². The summed E-state index contributed by atoms with van der Waals surface area (Å²) in [5.41, 5.74) is -0.478. The second kappa shape index (κ2) is 5.68. The van der Waals surface area contributed by atoms with Crippen molar-refractivity contribution < 1.29 is 5.11 Å². The standard InChI is InChI=1S/C14H28N2O/c1-3-12-5-4-6-13(9-12)16(2)11-14(17)7-8-15-10-14/h12-13,15,17H,3-11H2,1-2H3. The molecule has 100 valence electrons. The van der Waals surface area contributed by atoms with Gasteiger partial charge in [0.25, 0.3) is 0 Å². The fourth-order valence-corrected chi connectivity index (χ4v) is 3.49. The van der Waals surface area contributed by atoms with Gasteiger partial charge in [0.2, 0.25) is 0 Å². The lowest BCUT2D eigenvalue weighted by molar-refractivity contribution is 0.00752. The van der Waals surface area contributed by atoms with Crippen molar-refractivity contribution in [3.05, 3.63) is 0 Å². The Morgan fingerprint density at radius 1 is 1.41 bits per heavy atom. The maximum atomic E-state index is 10.4. The highest BCUT2D eigenvalue weighted by Crippen LogP contribution is 2.30. The van der Waals surface area contributed by atoms with Crippen molar-refractivity contribution in [3.63, 3.8) is 0 Å². The molecular weight excluding hydrogens is 212 g/mol. The molecule has 0 bridgehead atoms. The zero-order valence-electron chi connectivity index (χ0n) is 11.4. The van der Waals surface area contributed by atoms with Gasteiger partial charge in [-0.3, -0.25) is 0 Å². The Labute approximate surface area is 106 Å². The first kappa shape index (κ1) is 13.3. The predicted molar refractivity (Wildman–Crippen MR) is 71.1 cm³/mol. The minimum atomic E-state index is -0.478. The highest BCUT2D eigenvalue weighted by molar-refractivity contribution is 4.92. The maximum Gasteiger partial charge on any atom is 0.0909 e. The monoisotopic (exact) mass is 240 g/mol. The quantitative estimate of drug-likeness (QED) is 0.784. The van der Waals surface area contributed by atoms with Gasteiger partial charge >= 0.3 is 0 Å². The Hall–Kier alpha value is -0.120. The van der Waals surface area contributed by atoms with Crippen molar-refractivity contribution in [2.24, 2.45) is 5.92 Å². The van der Waals surface area contributed by atoms with Crippen molar-refractivity contribution in [3.8, 4) is 0 Å². The summed E-state index contributed by atoms with van der Waals surface area (Å²) in [6.45, 7) is 4.87. The van der Waals surface area contributed by atoms with Crippen LogP contribution in [0.2, 0.25) is 0 Å². The van der Waals surface area contributed by atoms with Gasteiger partial charge in [-0.1, -0.05) is 26.2 Å². The molecular formula is C14H28N2O. The zero-order chi connectivity index (χ0) is 12.3. The molecule has 3 unspecified atom stereocenters. The highest BCUT2D eigenvalue weighted by atomic mass is 16.3. The van der Waals surface area contributed by atoms with Crippen LogP contribution < -0.4 is 5.32 Å². The van der Waals surface area contributed by atoms with E-state index in [-0.39, 0.29) is 0 Å². The van der Waals surface area contributed by atoms with Crippen LogP contribution >= 0.6 is 0 Å². The Morgan fingerprint density at radius 3 is 2.88 bits per heavy atom. The Balaban J connectivity index is 1.84. The average Bonchev–Trinajstić information content (AvgIpc) is 2.76. The van der Waals surface area contributed by atoms with Crippen LogP contribution in [0.1, 0.15) is 45.4 Å². The van der Waals surface area contributed by atoms with E-state index in [1.54, 1.807) is 0 Å². The number of nitrogens with zero attached hydrogens (tertiary/aromatic N) is 1. The van der Waals surface area contributed by atoms with E-state index in [1.165, 1.54) is 32.1 Å². The molecule has 17 heavy (non-hydrogen) atoms. The van der Waals surface area contributed by atoms with E-state index >= 15 is 0 Å². The van der Waals surface area contributed by atoms with Crippen LogP contribution in [-0.4, -0.2) is 48.3 Å². The summed E-state index contributed by atoms with van der Waals surface area (Å²) in [6.07, 6.45) is 7.64. The molecule has 1 heterocycles. The Kier molecular flexibility index (Phi) is 4.45. The number of likely N-dealkylation sites (N-methyl/N-ethyl adjacent to an activating group) is 1. The summed E-state index contributed by atoms with van der Waals surface area (Å²) in [6, 6.07) is 0.693. The number of hydrogen-bond donors (Lipinski definition) is 2. The van der Waals surface area contributed by atoms with Gasteiger partial charge in [-0.05, 0) is 38.8 Å². The normalized spacial score (nSPS) is 38.8. The number of rotatable bonds is 4. The third-order valence-corrected chi connectivity index (χ3v) is 4.72. The molecule has 0 spiro atoms. The summed E-state index contributed by atoms with van der Waals surface area (Å²) in [7, 11) is 2.19. The van der Waals surface area contributed by atoms with E-state index in [0.29, 0.717) is 6.04 Å². The van der Waals surface area contributed by atoms with Crippen LogP contribution in [0.5, 0.6) is 0 Å². The lowest BCUT2D eigenvalue weighted by atomic mass is 9.83. The Bertz CT molecular complexity index is 238. The van der Waals surface area contributed by atoms with E-state index in [9.17, 15) is 5.11 Å². The zero-order valence-corrected chi connectivity index (χ0v) is 11.4. The number of nitrogens with one attached hydrogen (secondary N) is 1. The van der Waals surface area contributed by atoms with Crippen molar-refractivity contribution in [1.29, 1.82) is 0 Å². The molecule has 0 aromatic carbocycles. The van der Waals surface area contributed by atoms with Crippen molar-refractivity contribution in [2.75, 3.05) is 26.7 Å². The minimum absolute atomic E-state index is 0.478. The van der Waals surface area contributed by atoms with Gasteiger partial charge < -0.3 is 15.3 Å². The third-order valence-electron chi connectivity index (χ3n) is 4.72. The molecule has 3 nitrogen and oxygen atoms in total. The Morgan fingerprint density at radius 2 is 2.24 bits per heavy atom. The second-order valence-corrected chi connectivity index (χ2v) is 6.16. The van der Waals surface area contributed by atoms with E-state index in [2.05, 4.69) is 24.2 Å². The maximum absolute atomic E-state index is 10.4. The van der Waals surface area contributed by atoms with Crippen molar-refractivity contribution in [1.82, 2.24) is 10.2 Å².